The van der Waals surface area contributed by atoms with Gasteiger partial charge in [0.2, 0.25) is 0 Å². The molecule has 2 atom stereocenters. The van der Waals surface area contributed by atoms with Crippen LogP contribution in [0.1, 0.15) is 39.0 Å². The second kappa shape index (κ2) is 9.70. The molecule has 1 rings (SSSR count). The Hall–Kier alpha value is -0.160. The smallest absolute Gasteiger partial charge is 0.0808 e. The highest BCUT2D eigenvalue weighted by molar-refractivity contribution is 4.88. The van der Waals surface area contributed by atoms with Gasteiger partial charge in [-0.25, -0.2) is 0 Å². The first-order valence-electron chi connectivity index (χ1n) is 7.58. The number of ether oxygens (including phenoxy) is 3. The molecule has 2 unspecified atom stereocenters. The fourth-order valence-corrected chi connectivity index (χ4v) is 2.97. The summed E-state index contributed by atoms with van der Waals surface area (Å²) in [5, 5.41) is 3.29. The molecule has 0 bridgehead atoms. The molecular formula is C15H31NO3. The predicted octanol–water partition coefficient (Wildman–Crippen LogP) is 2.22. The van der Waals surface area contributed by atoms with Crippen LogP contribution in [0, 0.1) is 5.92 Å². The Kier molecular flexibility index (Phi) is 8.62. The van der Waals surface area contributed by atoms with Crippen molar-refractivity contribution in [2.45, 2.75) is 44.6 Å². The van der Waals surface area contributed by atoms with Crippen LogP contribution in [0.15, 0.2) is 0 Å². The van der Waals surface area contributed by atoms with Gasteiger partial charge in [-0.05, 0) is 32.2 Å². The van der Waals surface area contributed by atoms with Crippen molar-refractivity contribution in [2.24, 2.45) is 5.92 Å². The van der Waals surface area contributed by atoms with Crippen LogP contribution in [-0.4, -0.2) is 52.7 Å². The highest BCUT2D eigenvalue weighted by Crippen LogP contribution is 2.34. The SMILES string of the molecule is CNCC1(OCCCOCCOC)CCCC(C)C1. The summed E-state index contributed by atoms with van der Waals surface area (Å²) >= 11 is 0. The first-order chi connectivity index (χ1) is 9.22. The van der Waals surface area contributed by atoms with Crippen molar-refractivity contribution in [1.29, 1.82) is 0 Å². The van der Waals surface area contributed by atoms with Crippen molar-refractivity contribution in [3.63, 3.8) is 0 Å². The van der Waals surface area contributed by atoms with Crippen LogP contribution in [0.2, 0.25) is 0 Å². The Morgan fingerprint density at radius 3 is 2.74 bits per heavy atom. The fraction of sp³-hybridized carbons (Fsp3) is 1.00. The lowest BCUT2D eigenvalue weighted by Gasteiger charge is -2.40. The average molecular weight is 273 g/mol. The molecule has 1 fully saturated rings. The van der Waals surface area contributed by atoms with Crippen LogP contribution in [0.3, 0.4) is 0 Å². The molecule has 4 nitrogen and oxygen atoms in total. The average Bonchev–Trinajstić information content (AvgIpc) is 2.38. The van der Waals surface area contributed by atoms with E-state index in [9.17, 15) is 0 Å². The quantitative estimate of drug-likeness (QED) is 0.620. The molecule has 1 aliphatic rings. The maximum atomic E-state index is 6.21. The number of likely N-dealkylation sites (N-methyl/N-ethyl adjacent to an activating group) is 1. The van der Waals surface area contributed by atoms with E-state index in [1.54, 1.807) is 7.11 Å². The third-order valence-corrected chi connectivity index (χ3v) is 3.82. The largest absolute Gasteiger partial charge is 0.382 e. The number of rotatable bonds is 10. The normalized spacial score (nSPS) is 27.6. The molecule has 0 spiro atoms. The van der Waals surface area contributed by atoms with Crippen LogP contribution in [0.25, 0.3) is 0 Å². The van der Waals surface area contributed by atoms with E-state index in [2.05, 4.69) is 12.2 Å². The molecule has 0 saturated heterocycles. The third kappa shape index (κ3) is 6.70. The van der Waals surface area contributed by atoms with E-state index < -0.39 is 0 Å². The standard InChI is InChI=1S/C15H31NO3/c1-14-6-4-7-15(12-14,13-16-2)19-9-5-8-18-11-10-17-3/h14,16H,4-13H2,1-3H3. The molecule has 0 amide bonds. The van der Waals surface area contributed by atoms with E-state index in [-0.39, 0.29) is 5.60 Å². The van der Waals surface area contributed by atoms with Crippen molar-refractivity contribution in [3.05, 3.63) is 0 Å². The molecule has 0 aromatic carbocycles. The zero-order valence-electron chi connectivity index (χ0n) is 12.9. The lowest BCUT2D eigenvalue weighted by atomic mass is 9.78. The van der Waals surface area contributed by atoms with Gasteiger partial charge in [0.15, 0.2) is 0 Å². The lowest BCUT2D eigenvalue weighted by molar-refractivity contribution is -0.0836. The van der Waals surface area contributed by atoms with E-state index >= 15 is 0 Å². The summed E-state index contributed by atoms with van der Waals surface area (Å²) in [5.74, 6) is 0.778. The van der Waals surface area contributed by atoms with Gasteiger partial charge in [0.05, 0.1) is 18.8 Å². The summed E-state index contributed by atoms with van der Waals surface area (Å²) in [5.41, 5.74) is 0.0545. The zero-order valence-corrected chi connectivity index (χ0v) is 12.9. The zero-order chi connectivity index (χ0) is 14.0. The van der Waals surface area contributed by atoms with Crippen LogP contribution < -0.4 is 5.32 Å². The van der Waals surface area contributed by atoms with Gasteiger partial charge in [0.1, 0.15) is 0 Å². The van der Waals surface area contributed by atoms with Crippen LogP contribution in [0.4, 0.5) is 0 Å². The van der Waals surface area contributed by atoms with Crippen molar-refractivity contribution in [3.8, 4) is 0 Å². The van der Waals surface area contributed by atoms with Gasteiger partial charge in [-0.3, -0.25) is 0 Å². The molecule has 1 saturated carbocycles. The molecule has 0 radical (unpaired) electrons. The van der Waals surface area contributed by atoms with Gasteiger partial charge in [-0.2, -0.15) is 0 Å². The number of nitrogens with one attached hydrogen (secondary N) is 1. The minimum atomic E-state index is 0.0545. The van der Waals surface area contributed by atoms with E-state index in [0.29, 0.717) is 13.2 Å². The highest BCUT2D eigenvalue weighted by atomic mass is 16.5. The minimum Gasteiger partial charge on any atom is -0.382 e. The number of methoxy groups -OCH3 is 1. The fourth-order valence-electron chi connectivity index (χ4n) is 2.97. The van der Waals surface area contributed by atoms with Gasteiger partial charge >= 0.3 is 0 Å². The Labute approximate surface area is 118 Å². The predicted molar refractivity (Wildman–Crippen MR) is 77.6 cm³/mol. The molecule has 1 N–H and O–H groups in total. The first-order valence-corrected chi connectivity index (χ1v) is 7.58. The summed E-state index contributed by atoms with van der Waals surface area (Å²) in [6.07, 6.45) is 5.95. The molecule has 0 heterocycles. The Morgan fingerprint density at radius 2 is 2.05 bits per heavy atom. The third-order valence-electron chi connectivity index (χ3n) is 3.82. The first kappa shape index (κ1) is 16.9. The number of hydrogen-bond donors (Lipinski definition) is 1. The van der Waals surface area contributed by atoms with Gasteiger partial charge < -0.3 is 19.5 Å². The molecule has 1 aliphatic carbocycles. The maximum absolute atomic E-state index is 6.21. The molecular weight excluding hydrogens is 242 g/mol. The summed E-state index contributed by atoms with van der Waals surface area (Å²) in [6, 6.07) is 0. The minimum absolute atomic E-state index is 0.0545. The molecule has 0 aromatic heterocycles. The van der Waals surface area contributed by atoms with Crippen molar-refractivity contribution >= 4 is 0 Å². The molecule has 0 aliphatic heterocycles. The van der Waals surface area contributed by atoms with E-state index in [1.165, 1.54) is 25.7 Å². The Bertz CT molecular complexity index is 221. The van der Waals surface area contributed by atoms with Crippen molar-refractivity contribution < 1.29 is 14.2 Å². The molecule has 114 valence electrons. The van der Waals surface area contributed by atoms with E-state index in [0.717, 1.165) is 32.1 Å². The second-order valence-corrected chi connectivity index (χ2v) is 5.72. The van der Waals surface area contributed by atoms with E-state index in [1.807, 2.05) is 7.05 Å². The molecule has 4 heteroatoms. The summed E-state index contributed by atoms with van der Waals surface area (Å²) in [4.78, 5) is 0. The Morgan fingerprint density at radius 1 is 1.21 bits per heavy atom. The van der Waals surface area contributed by atoms with E-state index in [4.69, 9.17) is 14.2 Å². The maximum Gasteiger partial charge on any atom is 0.0808 e. The van der Waals surface area contributed by atoms with Crippen LogP contribution in [-0.2, 0) is 14.2 Å². The number of hydrogen-bond acceptors (Lipinski definition) is 4. The summed E-state index contributed by atoms with van der Waals surface area (Å²) in [6.45, 7) is 6.19. The highest BCUT2D eigenvalue weighted by Gasteiger charge is 2.35. The summed E-state index contributed by atoms with van der Waals surface area (Å²) < 4.78 is 16.6. The van der Waals surface area contributed by atoms with Crippen molar-refractivity contribution in [1.82, 2.24) is 5.32 Å². The van der Waals surface area contributed by atoms with Crippen LogP contribution in [0.5, 0.6) is 0 Å². The molecule has 19 heavy (non-hydrogen) atoms. The molecule has 0 aromatic rings. The Balaban J connectivity index is 2.18. The monoisotopic (exact) mass is 273 g/mol. The summed E-state index contributed by atoms with van der Waals surface area (Å²) in [7, 11) is 3.70. The second-order valence-electron chi connectivity index (χ2n) is 5.72. The van der Waals surface area contributed by atoms with Crippen molar-refractivity contribution in [2.75, 3.05) is 47.1 Å². The van der Waals surface area contributed by atoms with Gasteiger partial charge in [-0.1, -0.05) is 19.8 Å². The van der Waals surface area contributed by atoms with Gasteiger partial charge in [-0.15, -0.1) is 0 Å². The lowest BCUT2D eigenvalue weighted by Crippen LogP contribution is -2.45. The van der Waals surface area contributed by atoms with Crippen LogP contribution >= 0.6 is 0 Å². The topological polar surface area (TPSA) is 39.7 Å². The van der Waals surface area contributed by atoms with Gasteiger partial charge in [0.25, 0.3) is 0 Å². The van der Waals surface area contributed by atoms with Gasteiger partial charge in [0, 0.05) is 26.9 Å².